The van der Waals surface area contributed by atoms with Crippen molar-refractivity contribution in [2.24, 2.45) is 0 Å². The predicted molar refractivity (Wildman–Crippen MR) is 114 cm³/mol. The van der Waals surface area contributed by atoms with Crippen molar-refractivity contribution in [1.82, 2.24) is 19.4 Å². The predicted octanol–water partition coefficient (Wildman–Crippen LogP) is 1.21. The van der Waals surface area contributed by atoms with E-state index in [9.17, 15) is 13.2 Å². The fourth-order valence-electron chi connectivity index (χ4n) is 4.39. The van der Waals surface area contributed by atoms with E-state index in [-0.39, 0.29) is 18.5 Å². The van der Waals surface area contributed by atoms with Crippen LogP contribution >= 0.6 is 0 Å². The third kappa shape index (κ3) is 5.17. The average Bonchev–Trinajstić information content (AvgIpc) is 3.15. The van der Waals surface area contributed by atoms with Gasteiger partial charge >= 0.3 is 0 Å². The first-order valence-electron chi connectivity index (χ1n) is 10.6. The van der Waals surface area contributed by atoms with E-state index in [1.165, 1.54) is 4.31 Å². The van der Waals surface area contributed by atoms with Crippen molar-refractivity contribution in [2.75, 3.05) is 52.4 Å². The number of rotatable bonds is 7. The fraction of sp³-hybridized carbons (Fsp3) is 0.667. The molecular formula is C21H34N4O3S. The summed E-state index contributed by atoms with van der Waals surface area (Å²) in [6.07, 6.45) is 2.04. The van der Waals surface area contributed by atoms with Crippen molar-refractivity contribution in [2.45, 2.75) is 44.6 Å². The van der Waals surface area contributed by atoms with Crippen molar-refractivity contribution < 1.29 is 13.2 Å². The van der Waals surface area contributed by atoms with Crippen molar-refractivity contribution in [1.29, 1.82) is 0 Å². The summed E-state index contributed by atoms with van der Waals surface area (Å²) in [7, 11) is -3.76. The Morgan fingerprint density at radius 1 is 1.21 bits per heavy atom. The molecule has 0 radical (unpaired) electrons. The molecular weight excluding hydrogens is 388 g/mol. The minimum absolute atomic E-state index is 0.0935. The molecule has 3 rings (SSSR count). The lowest BCUT2D eigenvalue weighted by atomic mass is 10.2. The van der Waals surface area contributed by atoms with E-state index < -0.39 is 10.0 Å². The summed E-state index contributed by atoms with van der Waals surface area (Å²) in [5.41, 5.74) is 1.75. The maximum absolute atomic E-state index is 13.6. The molecule has 7 nitrogen and oxygen atoms in total. The van der Waals surface area contributed by atoms with E-state index in [0.717, 1.165) is 50.1 Å². The maximum atomic E-state index is 13.6. The van der Waals surface area contributed by atoms with Gasteiger partial charge in [-0.1, -0.05) is 24.6 Å². The molecule has 0 aliphatic carbocycles. The first kappa shape index (κ1) is 22.2. The molecule has 1 unspecified atom stereocenters. The van der Waals surface area contributed by atoms with Crippen LogP contribution in [0.15, 0.2) is 23.1 Å². The Morgan fingerprint density at radius 2 is 1.93 bits per heavy atom. The lowest BCUT2D eigenvalue weighted by molar-refractivity contribution is -0.132. The van der Waals surface area contributed by atoms with Crippen molar-refractivity contribution in [3.8, 4) is 0 Å². The Balaban J connectivity index is 1.87. The van der Waals surface area contributed by atoms with E-state index in [4.69, 9.17) is 0 Å². The molecule has 2 aliphatic rings. The number of carbonyl (C=O) groups excluding carboxylic acids is 1. The second-order valence-corrected chi connectivity index (χ2v) is 10.0. The number of aryl methyl sites for hydroxylation is 2. The van der Waals surface area contributed by atoms with Gasteiger partial charge < -0.3 is 10.2 Å². The zero-order valence-electron chi connectivity index (χ0n) is 17.9. The van der Waals surface area contributed by atoms with Gasteiger partial charge in [-0.25, -0.2) is 8.42 Å². The average molecular weight is 423 g/mol. The highest BCUT2D eigenvalue weighted by molar-refractivity contribution is 7.89. The number of amides is 1. The van der Waals surface area contributed by atoms with Crippen LogP contribution in [0, 0.1) is 13.8 Å². The van der Waals surface area contributed by atoms with E-state index in [1.807, 2.05) is 26.0 Å². The monoisotopic (exact) mass is 422 g/mol. The zero-order valence-corrected chi connectivity index (χ0v) is 18.7. The van der Waals surface area contributed by atoms with Crippen LogP contribution in [0.2, 0.25) is 0 Å². The minimum Gasteiger partial charge on any atom is -0.339 e. The maximum Gasteiger partial charge on any atom is 0.243 e. The lowest BCUT2D eigenvalue weighted by Crippen LogP contribution is -2.52. The number of sulfonamides is 1. The number of benzene rings is 1. The van der Waals surface area contributed by atoms with Gasteiger partial charge in [0.1, 0.15) is 0 Å². The Hall–Kier alpha value is -1.48. The van der Waals surface area contributed by atoms with E-state index in [2.05, 4.69) is 17.1 Å². The molecule has 1 amide bonds. The molecule has 29 heavy (non-hydrogen) atoms. The molecule has 162 valence electrons. The molecule has 1 N–H and O–H groups in total. The fourth-order valence-corrected chi connectivity index (χ4v) is 6.03. The van der Waals surface area contributed by atoms with E-state index >= 15 is 0 Å². The number of nitrogens with one attached hydrogen (secondary N) is 1. The SMILES string of the molecule is CCN1CCCC1CN(CC(=O)N1CCNCC1)S(=O)(=O)c1ccc(C)cc1C. The van der Waals surface area contributed by atoms with Crippen molar-refractivity contribution in [3.63, 3.8) is 0 Å². The number of carbonyl (C=O) groups is 1. The summed E-state index contributed by atoms with van der Waals surface area (Å²) in [4.78, 5) is 17.3. The van der Waals surface area contributed by atoms with Gasteiger partial charge in [0.25, 0.3) is 0 Å². The van der Waals surface area contributed by atoms with Gasteiger partial charge in [-0.3, -0.25) is 9.69 Å². The summed E-state index contributed by atoms with van der Waals surface area (Å²) in [6, 6.07) is 5.55. The van der Waals surface area contributed by atoms with Crippen LogP contribution in [0.5, 0.6) is 0 Å². The topological polar surface area (TPSA) is 73.0 Å². The first-order valence-corrected chi connectivity index (χ1v) is 12.1. The first-order chi connectivity index (χ1) is 13.8. The van der Waals surface area contributed by atoms with Gasteiger partial charge in [-0.05, 0) is 51.4 Å². The summed E-state index contributed by atoms with van der Waals surface area (Å²) in [5, 5.41) is 3.23. The van der Waals surface area contributed by atoms with Crippen LogP contribution in [0.25, 0.3) is 0 Å². The molecule has 2 aliphatic heterocycles. The van der Waals surface area contributed by atoms with Gasteiger partial charge in [-0.2, -0.15) is 4.31 Å². The molecule has 2 heterocycles. The molecule has 1 atom stereocenters. The summed E-state index contributed by atoms with van der Waals surface area (Å²) < 4.78 is 28.6. The molecule has 1 aromatic carbocycles. The molecule has 0 saturated carbocycles. The normalized spacial score (nSPS) is 21.1. The Kier molecular flexibility index (Phi) is 7.32. The number of likely N-dealkylation sites (tertiary alicyclic amines) is 1. The zero-order chi connectivity index (χ0) is 21.0. The Labute approximate surface area is 175 Å². The van der Waals surface area contributed by atoms with Crippen LogP contribution in [0.1, 0.15) is 30.9 Å². The number of hydrogen-bond donors (Lipinski definition) is 1. The van der Waals surface area contributed by atoms with Gasteiger partial charge in [0, 0.05) is 38.8 Å². The number of nitrogens with zero attached hydrogens (tertiary/aromatic N) is 3. The number of piperazine rings is 1. The van der Waals surface area contributed by atoms with Crippen LogP contribution in [0.3, 0.4) is 0 Å². The summed E-state index contributed by atoms with van der Waals surface area (Å²) in [5.74, 6) is -0.110. The highest BCUT2D eigenvalue weighted by atomic mass is 32.2. The van der Waals surface area contributed by atoms with E-state index in [1.54, 1.807) is 11.0 Å². The van der Waals surface area contributed by atoms with Crippen LogP contribution in [0.4, 0.5) is 0 Å². The van der Waals surface area contributed by atoms with Crippen LogP contribution in [-0.4, -0.2) is 86.8 Å². The second kappa shape index (κ2) is 9.55. The van der Waals surface area contributed by atoms with Crippen molar-refractivity contribution >= 4 is 15.9 Å². The highest BCUT2D eigenvalue weighted by Crippen LogP contribution is 2.24. The quantitative estimate of drug-likeness (QED) is 0.715. The lowest BCUT2D eigenvalue weighted by Gasteiger charge is -2.33. The molecule has 8 heteroatoms. The van der Waals surface area contributed by atoms with Crippen LogP contribution < -0.4 is 5.32 Å². The second-order valence-electron chi connectivity index (χ2n) is 8.12. The van der Waals surface area contributed by atoms with Gasteiger partial charge in [-0.15, -0.1) is 0 Å². The molecule has 0 spiro atoms. The van der Waals surface area contributed by atoms with Gasteiger partial charge in [0.2, 0.25) is 15.9 Å². The van der Waals surface area contributed by atoms with Gasteiger partial charge in [0.05, 0.1) is 11.4 Å². The smallest absolute Gasteiger partial charge is 0.243 e. The summed E-state index contributed by atoms with van der Waals surface area (Å²) in [6.45, 7) is 10.8. The molecule has 2 fully saturated rings. The van der Waals surface area contributed by atoms with E-state index in [0.29, 0.717) is 24.5 Å². The molecule has 2 saturated heterocycles. The minimum atomic E-state index is -3.76. The Bertz CT molecular complexity index is 821. The molecule has 1 aromatic rings. The third-order valence-corrected chi connectivity index (χ3v) is 8.02. The number of hydrogen-bond acceptors (Lipinski definition) is 5. The van der Waals surface area contributed by atoms with Crippen LogP contribution in [-0.2, 0) is 14.8 Å². The number of likely N-dealkylation sites (N-methyl/N-ethyl adjacent to an activating group) is 1. The molecule has 0 bridgehead atoms. The highest BCUT2D eigenvalue weighted by Gasteiger charge is 2.34. The third-order valence-electron chi connectivity index (χ3n) is 6.05. The largest absolute Gasteiger partial charge is 0.339 e. The summed E-state index contributed by atoms with van der Waals surface area (Å²) >= 11 is 0. The Morgan fingerprint density at radius 3 is 2.59 bits per heavy atom. The van der Waals surface area contributed by atoms with Gasteiger partial charge in [0.15, 0.2) is 0 Å². The molecule has 0 aromatic heterocycles. The standard InChI is InChI=1S/C21H34N4O3S/c1-4-23-11-5-6-19(23)15-25(16-21(26)24-12-9-22-10-13-24)29(27,28)20-8-7-17(2)14-18(20)3/h7-8,14,19,22H,4-6,9-13,15-16H2,1-3H3. The van der Waals surface area contributed by atoms with Crippen molar-refractivity contribution in [3.05, 3.63) is 29.3 Å².